The van der Waals surface area contributed by atoms with E-state index in [0.717, 1.165) is 6.42 Å². The third-order valence-electron chi connectivity index (χ3n) is 1.77. The summed E-state index contributed by atoms with van der Waals surface area (Å²) in [7, 11) is 3.84. The van der Waals surface area contributed by atoms with E-state index in [-0.39, 0.29) is 0 Å². The van der Waals surface area contributed by atoms with Crippen molar-refractivity contribution in [2.24, 2.45) is 0 Å². The molecule has 0 atom stereocenters. The smallest absolute Gasteiger partial charge is 0.147 e. The second kappa shape index (κ2) is 5.14. The van der Waals surface area contributed by atoms with Crippen LogP contribution in [-0.4, -0.2) is 31.3 Å². The van der Waals surface area contributed by atoms with Crippen LogP contribution in [0.2, 0.25) is 0 Å². The van der Waals surface area contributed by atoms with Crippen LogP contribution in [0, 0.1) is 0 Å². The van der Waals surface area contributed by atoms with Crippen LogP contribution < -0.4 is 0 Å². The van der Waals surface area contributed by atoms with Crippen molar-refractivity contribution in [2.75, 3.05) is 20.6 Å². The standard InChI is InChI=1S/C10H15NOS/c1-11(2)7-10(12)4-3-9-5-6-13-8-9/h5-6,8H,3-4,7H2,1-2H3. The number of hydrogen-bond donors (Lipinski definition) is 0. The van der Waals surface area contributed by atoms with E-state index in [1.54, 1.807) is 11.3 Å². The molecule has 0 aliphatic carbocycles. The van der Waals surface area contributed by atoms with Crippen LogP contribution in [0.5, 0.6) is 0 Å². The summed E-state index contributed by atoms with van der Waals surface area (Å²) in [5.41, 5.74) is 1.28. The Hall–Kier alpha value is -0.670. The molecule has 0 saturated heterocycles. The van der Waals surface area contributed by atoms with Crippen molar-refractivity contribution in [1.29, 1.82) is 0 Å². The Morgan fingerprint density at radius 2 is 2.31 bits per heavy atom. The van der Waals surface area contributed by atoms with Crippen LogP contribution in [0.3, 0.4) is 0 Å². The number of nitrogens with zero attached hydrogens (tertiary/aromatic N) is 1. The van der Waals surface area contributed by atoms with E-state index in [0.29, 0.717) is 18.7 Å². The molecule has 0 amide bonds. The third kappa shape index (κ3) is 4.20. The zero-order chi connectivity index (χ0) is 9.68. The number of hydrogen-bond acceptors (Lipinski definition) is 3. The molecule has 0 unspecified atom stereocenters. The summed E-state index contributed by atoms with van der Waals surface area (Å²) < 4.78 is 0. The first kappa shape index (κ1) is 10.4. The summed E-state index contributed by atoms with van der Waals surface area (Å²) in [6.07, 6.45) is 1.55. The van der Waals surface area contributed by atoms with Crippen LogP contribution in [0.15, 0.2) is 16.8 Å². The van der Waals surface area contributed by atoms with Gasteiger partial charge in [-0.2, -0.15) is 11.3 Å². The lowest BCUT2D eigenvalue weighted by Crippen LogP contribution is -2.21. The van der Waals surface area contributed by atoms with Crippen LogP contribution in [0.25, 0.3) is 0 Å². The highest BCUT2D eigenvalue weighted by Gasteiger charge is 2.03. The van der Waals surface area contributed by atoms with Crippen molar-refractivity contribution in [3.63, 3.8) is 0 Å². The number of ketones is 1. The topological polar surface area (TPSA) is 20.3 Å². The van der Waals surface area contributed by atoms with E-state index in [1.165, 1.54) is 5.56 Å². The molecule has 0 N–H and O–H groups in total. The molecule has 13 heavy (non-hydrogen) atoms. The minimum absolute atomic E-state index is 0.316. The normalized spacial score (nSPS) is 10.7. The van der Waals surface area contributed by atoms with Crippen molar-refractivity contribution < 1.29 is 4.79 Å². The van der Waals surface area contributed by atoms with Gasteiger partial charge in [-0.1, -0.05) is 0 Å². The molecule has 1 aromatic rings. The zero-order valence-electron chi connectivity index (χ0n) is 8.12. The lowest BCUT2D eigenvalue weighted by atomic mass is 10.1. The van der Waals surface area contributed by atoms with E-state index < -0.39 is 0 Å². The predicted molar refractivity (Wildman–Crippen MR) is 56.2 cm³/mol. The van der Waals surface area contributed by atoms with Crippen molar-refractivity contribution in [3.8, 4) is 0 Å². The fourth-order valence-corrected chi connectivity index (χ4v) is 1.85. The maximum atomic E-state index is 11.3. The summed E-state index contributed by atoms with van der Waals surface area (Å²) in [6.45, 7) is 0.560. The number of thiophene rings is 1. The minimum atomic E-state index is 0.316. The molecule has 0 radical (unpaired) electrons. The first-order chi connectivity index (χ1) is 6.18. The monoisotopic (exact) mass is 197 g/mol. The van der Waals surface area contributed by atoms with Gasteiger partial charge in [0, 0.05) is 6.42 Å². The van der Waals surface area contributed by atoms with Gasteiger partial charge in [-0.3, -0.25) is 4.79 Å². The van der Waals surface area contributed by atoms with Crippen LogP contribution in [0.4, 0.5) is 0 Å². The Morgan fingerprint density at radius 1 is 1.54 bits per heavy atom. The van der Waals surface area contributed by atoms with Crippen molar-refractivity contribution in [1.82, 2.24) is 4.90 Å². The van der Waals surface area contributed by atoms with Gasteiger partial charge in [0.2, 0.25) is 0 Å². The number of carbonyl (C=O) groups is 1. The van der Waals surface area contributed by atoms with E-state index in [1.807, 2.05) is 24.4 Å². The number of Topliss-reactive ketones (excluding diaryl/α,β-unsaturated/α-hetero) is 1. The molecule has 0 saturated carbocycles. The molecule has 0 spiro atoms. The van der Waals surface area contributed by atoms with Crippen LogP contribution in [0.1, 0.15) is 12.0 Å². The maximum absolute atomic E-state index is 11.3. The number of rotatable bonds is 5. The quantitative estimate of drug-likeness (QED) is 0.717. The lowest BCUT2D eigenvalue weighted by Gasteiger charge is -2.07. The summed E-state index contributed by atoms with van der Waals surface area (Å²) in [5.74, 6) is 0.316. The van der Waals surface area contributed by atoms with Gasteiger partial charge in [0.05, 0.1) is 6.54 Å². The molecule has 0 aliphatic rings. The summed E-state index contributed by atoms with van der Waals surface area (Å²) in [6, 6.07) is 2.08. The SMILES string of the molecule is CN(C)CC(=O)CCc1ccsc1. The Kier molecular flexibility index (Phi) is 4.12. The van der Waals surface area contributed by atoms with Crippen LogP contribution >= 0.6 is 11.3 Å². The molecule has 0 fully saturated rings. The largest absolute Gasteiger partial charge is 0.302 e. The fraction of sp³-hybridized carbons (Fsp3) is 0.500. The van der Waals surface area contributed by atoms with Gasteiger partial charge in [-0.05, 0) is 42.9 Å². The number of carbonyl (C=O) groups excluding carboxylic acids is 1. The number of aryl methyl sites for hydroxylation is 1. The minimum Gasteiger partial charge on any atom is -0.302 e. The highest BCUT2D eigenvalue weighted by Crippen LogP contribution is 2.08. The van der Waals surface area contributed by atoms with Gasteiger partial charge in [-0.25, -0.2) is 0 Å². The predicted octanol–water partition coefficient (Wildman–Crippen LogP) is 1.81. The molecule has 2 nitrogen and oxygen atoms in total. The Morgan fingerprint density at radius 3 is 2.85 bits per heavy atom. The Labute approximate surface area is 83.2 Å². The molecule has 0 aliphatic heterocycles. The summed E-state index contributed by atoms with van der Waals surface area (Å²) in [4.78, 5) is 13.2. The van der Waals surface area contributed by atoms with Gasteiger partial charge < -0.3 is 4.90 Å². The first-order valence-corrected chi connectivity index (χ1v) is 5.30. The van der Waals surface area contributed by atoms with E-state index >= 15 is 0 Å². The van der Waals surface area contributed by atoms with Gasteiger partial charge in [0.1, 0.15) is 5.78 Å². The lowest BCUT2D eigenvalue weighted by molar-refractivity contribution is -0.119. The van der Waals surface area contributed by atoms with Crippen molar-refractivity contribution in [3.05, 3.63) is 22.4 Å². The third-order valence-corrected chi connectivity index (χ3v) is 2.50. The molecular formula is C10H15NOS. The van der Waals surface area contributed by atoms with Gasteiger partial charge in [0.25, 0.3) is 0 Å². The van der Waals surface area contributed by atoms with E-state index in [9.17, 15) is 4.79 Å². The average Bonchev–Trinajstić information content (AvgIpc) is 2.51. The second-order valence-corrected chi connectivity index (χ2v) is 4.19. The molecule has 0 bridgehead atoms. The highest BCUT2D eigenvalue weighted by molar-refractivity contribution is 7.07. The van der Waals surface area contributed by atoms with Crippen LogP contribution in [-0.2, 0) is 11.2 Å². The molecule has 1 rings (SSSR count). The number of likely N-dealkylation sites (N-methyl/N-ethyl adjacent to an activating group) is 1. The molecule has 0 aromatic carbocycles. The highest BCUT2D eigenvalue weighted by atomic mass is 32.1. The zero-order valence-corrected chi connectivity index (χ0v) is 8.93. The van der Waals surface area contributed by atoms with Gasteiger partial charge in [0.15, 0.2) is 0 Å². The molecule has 3 heteroatoms. The Bertz CT molecular complexity index is 254. The average molecular weight is 197 g/mol. The maximum Gasteiger partial charge on any atom is 0.147 e. The molecule has 72 valence electrons. The summed E-state index contributed by atoms with van der Waals surface area (Å²) in [5, 5.41) is 4.15. The second-order valence-electron chi connectivity index (χ2n) is 3.41. The summed E-state index contributed by atoms with van der Waals surface area (Å²) >= 11 is 1.68. The first-order valence-electron chi connectivity index (χ1n) is 4.36. The molecular weight excluding hydrogens is 182 g/mol. The Balaban J connectivity index is 2.23. The van der Waals surface area contributed by atoms with E-state index in [2.05, 4.69) is 11.4 Å². The molecule has 1 heterocycles. The molecule has 1 aromatic heterocycles. The van der Waals surface area contributed by atoms with Crippen molar-refractivity contribution in [2.45, 2.75) is 12.8 Å². The van der Waals surface area contributed by atoms with Gasteiger partial charge >= 0.3 is 0 Å². The fourth-order valence-electron chi connectivity index (χ4n) is 1.15. The van der Waals surface area contributed by atoms with Gasteiger partial charge in [-0.15, -0.1) is 0 Å². The van der Waals surface area contributed by atoms with E-state index in [4.69, 9.17) is 0 Å². The van der Waals surface area contributed by atoms with Crippen molar-refractivity contribution >= 4 is 17.1 Å².